The van der Waals surface area contributed by atoms with E-state index < -0.39 is 39.3 Å². The van der Waals surface area contributed by atoms with Crippen LogP contribution in [0.15, 0.2) is 89.3 Å². The van der Waals surface area contributed by atoms with Gasteiger partial charge in [-0.1, -0.05) is 30.3 Å². The van der Waals surface area contributed by atoms with Gasteiger partial charge in [0.1, 0.15) is 11.6 Å². The van der Waals surface area contributed by atoms with E-state index in [1.165, 1.54) is 41.3 Å². The third kappa shape index (κ3) is 3.79. The Morgan fingerprint density at radius 2 is 1.50 bits per heavy atom. The van der Waals surface area contributed by atoms with Gasteiger partial charge in [0, 0.05) is 11.3 Å². The van der Waals surface area contributed by atoms with Crippen LogP contribution >= 0.6 is 0 Å². The second-order valence-corrected chi connectivity index (χ2v) is 8.69. The van der Waals surface area contributed by atoms with Gasteiger partial charge in [-0.25, -0.2) is 17.9 Å². The van der Waals surface area contributed by atoms with Crippen LogP contribution in [0.2, 0.25) is 0 Å². The molecule has 1 fully saturated rings. The van der Waals surface area contributed by atoms with Crippen molar-refractivity contribution in [2.24, 2.45) is 5.14 Å². The fourth-order valence-electron chi connectivity index (χ4n) is 3.61. The topological polar surface area (TPSA) is 118 Å². The van der Waals surface area contributed by atoms with Crippen LogP contribution in [-0.4, -0.2) is 25.2 Å². The molecular formula is C23H17FN2O5S. The molecule has 162 valence electrons. The average molecular weight is 452 g/mol. The van der Waals surface area contributed by atoms with Crippen LogP contribution < -0.4 is 10.0 Å². The molecule has 3 aromatic rings. The Kier molecular flexibility index (Phi) is 5.37. The summed E-state index contributed by atoms with van der Waals surface area (Å²) in [5.41, 5.74) is 0.802. The average Bonchev–Trinajstić information content (AvgIpc) is 3.04. The molecule has 1 unspecified atom stereocenters. The molecular weight excluding hydrogens is 435 g/mol. The molecule has 3 N–H and O–H groups in total. The van der Waals surface area contributed by atoms with Gasteiger partial charge in [-0.05, 0) is 54.1 Å². The highest BCUT2D eigenvalue weighted by Gasteiger charge is 2.46. The summed E-state index contributed by atoms with van der Waals surface area (Å²) in [5, 5.41) is 16.0. The molecule has 0 spiro atoms. The maximum Gasteiger partial charge on any atom is 0.300 e. The van der Waals surface area contributed by atoms with Gasteiger partial charge in [0.05, 0.1) is 16.5 Å². The number of primary sulfonamides is 1. The minimum atomic E-state index is -3.95. The van der Waals surface area contributed by atoms with Crippen molar-refractivity contribution in [3.8, 4) is 0 Å². The molecule has 0 aliphatic carbocycles. The number of hydrogen-bond acceptors (Lipinski definition) is 5. The minimum Gasteiger partial charge on any atom is -0.507 e. The number of halogens is 1. The number of sulfonamides is 1. The van der Waals surface area contributed by atoms with E-state index in [9.17, 15) is 27.5 Å². The lowest BCUT2D eigenvalue weighted by Crippen LogP contribution is -2.29. The molecule has 1 amide bonds. The molecule has 0 aromatic heterocycles. The number of ketones is 1. The van der Waals surface area contributed by atoms with Crippen molar-refractivity contribution in [3.05, 3.63) is 101 Å². The number of carbonyl (C=O) groups is 2. The Balaban J connectivity index is 1.90. The number of carbonyl (C=O) groups excluding carboxylic acids is 2. The van der Waals surface area contributed by atoms with E-state index in [0.29, 0.717) is 5.56 Å². The highest BCUT2D eigenvalue weighted by molar-refractivity contribution is 7.89. The first-order valence-electron chi connectivity index (χ1n) is 9.43. The summed E-state index contributed by atoms with van der Waals surface area (Å²) < 4.78 is 36.5. The zero-order valence-electron chi connectivity index (χ0n) is 16.5. The number of anilines is 1. The summed E-state index contributed by atoms with van der Waals surface area (Å²) in [4.78, 5) is 27.0. The Morgan fingerprint density at radius 1 is 0.906 bits per heavy atom. The van der Waals surface area contributed by atoms with Crippen LogP contribution in [0.1, 0.15) is 17.2 Å². The van der Waals surface area contributed by atoms with Gasteiger partial charge in [-0.2, -0.15) is 0 Å². The Hall–Kier alpha value is -3.82. The molecule has 0 bridgehead atoms. The number of amides is 1. The van der Waals surface area contributed by atoms with E-state index in [-0.39, 0.29) is 21.7 Å². The van der Waals surface area contributed by atoms with Crippen molar-refractivity contribution >= 4 is 33.2 Å². The summed E-state index contributed by atoms with van der Waals surface area (Å²) in [6, 6.07) is 17.7. The van der Waals surface area contributed by atoms with Gasteiger partial charge in [0.15, 0.2) is 0 Å². The molecule has 1 heterocycles. The van der Waals surface area contributed by atoms with Crippen molar-refractivity contribution < 1.29 is 27.5 Å². The summed E-state index contributed by atoms with van der Waals surface area (Å²) in [6.07, 6.45) is 0. The Bertz CT molecular complexity index is 1340. The van der Waals surface area contributed by atoms with Crippen molar-refractivity contribution in [1.82, 2.24) is 0 Å². The molecule has 32 heavy (non-hydrogen) atoms. The van der Waals surface area contributed by atoms with Crippen LogP contribution in [0, 0.1) is 5.82 Å². The number of hydrogen-bond donors (Lipinski definition) is 2. The van der Waals surface area contributed by atoms with E-state index >= 15 is 0 Å². The normalized spacial score (nSPS) is 18.2. The fraction of sp³-hybridized carbons (Fsp3) is 0.0435. The molecule has 9 heteroatoms. The van der Waals surface area contributed by atoms with E-state index in [2.05, 4.69) is 0 Å². The molecule has 7 nitrogen and oxygen atoms in total. The van der Waals surface area contributed by atoms with Crippen molar-refractivity contribution in [2.75, 3.05) is 4.90 Å². The fourth-order valence-corrected chi connectivity index (χ4v) is 4.12. The number of Topliss-reactive ketones (excluding diaryl/α,β-unsaturated/α-hetero) is 1. The lowest BCUT2D eigenvalue weighted by Gasteiger charge is -2.25. The Labute approximate surface area is 183 Å². The first kappa shape index (κ1) is 21.4. The molecule has 3 aromatic carbocycles. The molecule has 1 aliphatic rings. The van der Waals surface area contributed by atoms with Gasteiger partial charge in [-0.15, -0.1) is 0 Å². The lowest BCUT2D eigenvalue weighted by atomic mass is 9.95. The number of rotatable bonds is 4. The molecule has 4 rings (SSSR count). The minimum absolute atomic E-state index is 0.152. The van der Waals surface area contributed by atoms with Crippen molar-refractivity contribution in [1.29, 1.82) is 0 Å². The van der Waals surface area contributed by atoms with Crippen molar-refractivity contribution in [3.63, 3.8) is 0 Å². The van der Waals surface area contributed by atoms with E-state index in [1.807, 2.05) is 0 Å². The number of nitrogens with zero attached hydrogens (tertiary/aromatic N) is 1. The molecule has 1 aliphatic heterocycles. The Morgan fingerprint density at radius 3 is 2.06 bits per heavy atom. The van der Waals surface area contributed by atoms with Crippen LogP contribution in [0.5, 0.6) is 0 Å². The molecule has 0 radical (unpaired) electrons. The zero-order valence-corrected chi connectivity index (χ0v) is 17.3. The number of aliphatic hydroxyl groups is 1. The monoisotopic (exact) mass is 452 g/mol. The second-order valence-electron chi connectivity index (χ2n) is 7.13. The maximum atomic E-state index is 13.3. The summed E-state index contributed by atoms with van der Waals surface area (Å²) in [7, 11) is -3.95. The lowest BCUT2D eigenvalue weighted by molar-refractivity contribution is -0.132. The highest BCUT2D eigenvalue weighted by Crippen LogP contribution is 2.42. The molecule has 1 atom stereocenters. The van der Waals surface area contributed by atoms with Crippen LogP contribution in [0.4, 0.5) is 10.1 Å². The van der Waals surface area contributed by atoms with Crippen LogP contribution in [0.3, 0.4) is 0 Å². The van der Waals surface area contributed by atoms with E-state index in [1.54, 1.807) is 30.3 Å². The quantitative estimate of drug-likeness (QED) is 0.358. The van der Waals surface area contributed by atoms with Crippen LogP contribution in [0.25, 0.3) is 5.76 Å². The smallest absolute Gasteiger partial charge is 0.300 e. The van der Waals surface area contributed by atoms with Crippen LogP contribution in [-0.2, 0) is 19.6 Å². The highest BCUT2D eigenvalue weighted by atomic mass is 32.2. The SMILES string of the molecule is NS(=O)(=O)c1ccc(N2C(=O)C(=O)/C(=C(/O)c3ccc(F)cc3)C2c2ccccc2)cc1. The third-order valence-corrected chi connectivity index (χ3v) is 6.05. The predicted molar refractivity (Wildman–Crippen MR) is 115 cm³/mol. The number of nitrogens with two attached hydrogens (primary N) is 1. The zero-order chi connectivity index (χ0) is 23.0. The first-order valence-corrected chi connectivity index (χ1v) is 11.0. The standard InChI is InChI=1S/C23H17FN2O5S/c24-16-8-6-15(7-9-16)21(27)19-20(14-4-2-1-3-5-14)26(23(29)22(19)28)17-10-12-18(13-11-17)32(25,30)31/h1-13,20,27H,(H2,25,30,31)/b21-19+. The van der Waals surface area contributed by atoms with Gasteiger partial charge in [0.25, 0.3) is 11.7 Å². The summed E-state index contributed by atoms with van der Waals surface area (Å²) in [6.45, 7) is 0. The number of aliphatic hydroxyl groups excluding tert-OH is 1. The largest absolute Gasteiger partial charge is 0.507 e. The summed E-state index contributed by atoms with van der Waals surface area (Å²) in [5.74, 6) is -2.78. The van der Waals surface area contributed by atoms with Crippen molar-refractivity contribution in [2.45, 2.75) is 10.9 Å². The molecule has 1 saturated heterocycles. The predicted octanol–water partition coefficient (Wildman–Crippen LogP) is 3.10. The van der Waals surface area contributed by atoms with Gasteiger partial charge in [-0.3, -0.25) is 14.5 Å². The van der Waals surface area contributed by atoms with E-state index in [4.69, 9.17) is 5.14 Å². The summed E-state index contributed by atoms with van der Waals surface area (Å²) >= 11 is 0. The maximum absolute atomic E-state index is 13.3. The number of benzene rings is 3. The third-order valence-electron chi connectivity index (χ3n) is 5.12. The van der Waals surface area contributed by atoms with Gasteiger partial charge >= 0.3 is 0 Å². The van der Waals surface area contributed by atoms with Gasteiger partial charge < -0.3 is 5.11 Å². The second kappa shape index (κ2) is 8.03. The van der Waals surface area contributed by atoms with Gasteiger partial charge in [0.2, 0.25) is 10.0 Å². The van der Waals surface area contributed by atoms with E-state index in [0.717, 1.165) is 12.1 Å². The molecule has 0 saturated carbocycles. The first-order chi connectivity index (χ1) is 15.2.